The van der Waals surface area contributed by atoms with Crippen molar-refractivity contribution in [2.45, 2.75) is 26.6 Å². The van der Waals surface area contributed by atoms with E-state index in [0.29, 0.717) is 24.6 Å². The summed E-state index contributed by atoms with van der Waals surface area (Å²) in [7, 11) is 0. The van der Waals surface area contributed by atoms with Gasteiger partial charge in [-0.05, 0) is 54.6 Å². The first-order valence-electron chi connectivity index (χ1n) is 8.59. The number of aromatic nitrogens is 4. The van der Waals surface area contributed by atoms with Crippen molar-refractivity contribution in [3.05, 3.63) is 57.5 Å². The molecule has 154 valence electrons. The van der Waals surface area contributed by atoms with Gasteiger partial charge in [-0.25, -0.2) is 4.79 Å². The number of ether oxygens (including phenoxy) is 2. The molecule has 7 nitrogen and oxygen atoms in total. The van der Waals surface area contributed by atoms with E-state index in [9.17, 15) is 18.0 Å². The third kappa shape index (κ3) is 4.37. The van der Waals surface area contributed by atoms with Gasteiger partial charge in [0.15, 0.2) is 0 Å². The van der Waals surface area contributed by atoms with Crippen LogP contribution in [0.4, 0.5) is 13.2 Å². The number of nitrogens with zero attached hydrogens (tertiary/aromatic N) is 4. The van der Waals surface area contributed by atoms with Crippen LogP contribution in [0.2, 0.25) is 5.02 Å². The van der Waals surface area contributed by atoms with Gasteiger partial charge in [0.2, 0.25) is 0 Å². The summed E-state index contributed by atoms with van der Waals surface area (Å²) < 4.78 is 51.8. The van der Waals surface area contributed by atoms with Crippen molar-refractivity contribution in [1.29, 1.82) is 0 Å². The lowest BCUT2D eigenvalue weighted by molar-refractivity contribution is -0.137. The third-order valence-electron chi connectivity index (χ3n) is 3.89. The molecule has 29 heavy (non-hydrogen) atoms. The summed E-state index contributed by atoms with van der Waals surface area (Å²) in [6.07, 6.45) is -4.50. The minimum absolute atomic E-state index is 0.0453. The number of halogens is 4. The zero-order chi connectivity index (χ0) is 21.2. The smallest absolute Gasteiger partial charge is 0.416 e. The predicted molar refractivity (Wildman–Crippen MR) is 99.0 cm³/mol. The van der Waals surface area contributed by atoms with Gasteiger partial charge in [0.25, 0.3) is 0 Å². The quantitative estimate of drug-likeness (QED) is 0.585. The van der Waals surface area contributed by atoms with Crippen LogP contribution in [0.25, 0.3) is 5.69 Å². The molecule has 1 aromatic heterocycles. The Bertz CT molecular complexity index is 1080. The zero-order valence-electron chi connectivity index (χ0n) is 15.4. The highest BCUT2D eigenvalue weighted by molar-refractivity contribution is 6.32. The van der Waals surface area contributed by atoms with E-state index >= 15 is 0 Å². The molecule has 0 spiro atoms. The molecule has 0 aliphatic rings. The summed E-state index contributed by atoms with van der Waals surface area (Å²) in [5.41, 5.74) is -0.964. The van der Waals surface area contributed by atoms with E-state index in [1.54, 1.807) is 13.8 Å². The molecule has 11 heteroatoms. The summed E-state index contributed by atoms with van der Waals surface area (Å²) in [6, 6.07) is 7.34. The molecule has 0 unspecified atom stereocenters. The number of hydrogen-bond donors (Lipinski definition) is 0. The SMILES string of the molecule is CCOc1cc(Oc2ccc(C(F)(F)F)cc2Cl)ccc1-n1nnn(CC)c1=O. The maximum absolute atomic E-state index is 12.8. The highest BCUT2D eigenvalue weighted by atomic mass is 35.5. The Labute approximate surface area is 168 Å². The lowest BCUT2D eigenvalue weighted by Crippen LogP contribution is -2.24. The molecule has 0 amide bonds. The van der Waals surface area contributed by atoms with Crippen molar-refractivity contribution in [2.75, 3.05) is 6.61 Å². The number of alkyl halides is 3. The maximum atomic E-state index is 12.8. The second kappa shape index (κ2) is 8.16. The molecule has 0 N–H and O–H groups in total. The standard InChI is InChI=1S/C18H16ClF3N4O3/c1-3-25-17(27)26(24-23-25)14-7-6-12(10-16(14)28-4-2)29-15-8-5-11(9-13(15)19)18(20,21)22/h5-10H,3-4H2,1-2H3. The zero-order valence-corrected chi connectivity index (χ0v) is 16.2. The van der Waals surface area contributed by atoms with Crippen molar-refractivity contribution in [3.63, 3.8) is 0 Å². The van der Waals surface area contributed by atoms with E-state index < -0.39 is 17.4 Å². The molecule has 0 saturated heterocycles. The van der Waals surface area contributed by atoms with Gasteiger partial charge < -0.3 is 9.47 Å². The molecule has 0 aliphatic heterocycles. The van der Waals surface area contributed by atoms with Gasteiger partial charge in [-0.3, -0.25) is 0 Å². The molecule has 3 aromatic rings. The summed E-state index contributed by atoms with van der Waals surface area (Å²) in [6.45, 7) is 4.18. The van der Waals surface area contributed by atoms with E-state index in [1.165, 1.54) is 22.9 Å². The highest BCUT2D eigenvalue weighted by Gasteiger charge is 2.31. The van der Waals surface area contributed by atoms with Crippen LogP contribution in [0.3, 0.4) is 0 Å². The van der Waals surface area contributed by atoms with Gasteiger partial charge in [0.05, 0.1) is 17.2 Å². The van der Waals surface area contributed by atoms with Crippen molar-refractivity contribution < 1.29 is 22.6 Å². The average Bonchev–Trinajstić information content (AvgIpc) is 3.03. The van der Waals surface area contributed by atoms with Gasteiger partial charge in [0.1, 0.15) is 22.9 Å². The number of benzene rings is 2. The van der Waals surface area contributed by atoms with Crippen molar-refractivity contribution in [1.82, 2.24) is 19.8 Å². The Morgan fingerprint density at radius 1 is 1.07 bits per heavy atom. The molecule has 0 atom stereocenters. The fraction of sp³-hybridized carbons (Fsp3) is 0.278. The monoisotopic (exact) mass is 428 g/mol. The molecule has 0 bridgehead atoms. The molecule has 1 heterocycles. The molecule has 0 saturated carbocycles. The van der Waals surface area contributed by atoms with E-state index in [0.717, 1.165) is 22.9 Å². The molecule has 0 radical (unpaired) electrons. The molecule has 2 aromatic carbocycles. The number of tetrazole rings is 1. The van der Waals surface area contributed by atoms with E-state index in [4.69, 9.17) is 21.1 Å². The Kier molecular flexibility index (Phi) is 5.83. The Morgan fingerprint density at radius 2 is 1.83 bits per heavy atom. The Hall–Kier alpha value is -3.01. The van der Waals surface area contributed by atoms with Gasteiger partial charge in [0, 0.05) is 12.6 Å². The van der Waals surface area contributed by atoms with Crippen molar-refractivity contribution in [3.8, 4) is 22.9 Å². The van der Waals surface area contributed by atoms with Crippen LogP contribution in [0.1, 0.15) is 19.4 Å². The lowest BCUT2D eigenvalue weighted by atomic mass is 10.2. The fourth-order valence-corrected chi connectivity index (χ4v) is 2.73. The molecule has 0 fully saturated rings. The Morgan fingerprint density at radius 3 is 2.41 bits per heavy atom. The molecular formula is C18H16ClF3N4O3. The highest BCUT2D eigenvalue weighted by Crippen LogP contribution is 2.37. The van der Waals surface area contributed by atoms with E-state index in [2.05, 4.69) is 10.4 Å². The molecule has 0 aliphatic carbocycles. The van der Waals surface area contributed by atoms with Crippen LogP contribution < -0.4 is 15.2 Å². The third-order valence-corrected chi connectivity index (χ3v) is 4.18. The normalized spacial score (nSPS) is 11.5. The van der Waals surface area contributed by atoms with Crippen LogP contribution >= 0.6 is 11.6 Å². The summed E-state index contributed by atoms with van der Waals surface area (Å²) in [5.74, 6) is 0.594. The van der Waals surface area contributed by atoms with Gasteiger partial charge >= 0.3 is 11.9 Å². The minimum Gasteiger partial charge on any atom is -0.491 e. The van der Waals surface area contributed by atoms with Gasteiger partial charge in [-0.15, -0.1) is 0 Å². The van der Waals surface area contributed by atoms with Crippen molar-refractivity contribution >= 4 is 11.6 Å². The van der Waals surface area contributed by atoms with Crippen LogP contribution in [-0.4, -0.2) is 26.4 Å². The maximum Gasteiger partial charge on any atom is 0.416 e. The van der Waals surface area contributed by atoms with Gasteiger partial charge in [-0.1, -0.05) is 11.6 Å². The van der Waals surface area contributed by atoms with Crippen LogP contribution in [0, 0.1) is 0 Å². The van der Waals surface area contributed by atoms with Gasteiger partial charge in [-0.2, -0.15) is 22.5 Å². The first-order valence-corrected chi connectivity index (χ1v) is 8.97. The first-order chi connectivity index (χ1) is 13.7. The number of hydrogen-bond acceptors (Lipinski definition) is 5. The summed E-state index contributed by atoms with van der Waals surface area (Å²) >= 11 is 5.93. The van der Waals surface area contributed by atoms with Crippen LogP contribution in [0.15, 0.2) is 41.2 Å². The average molecular weight is 429 g/mol. The summed E-state index contributed by atoms with van der Waals surface area (Å²) in [4.78, 5) is 12.3. The second-order valence-electron chi connectivity index (χ2n) is 5.80. The second-order valence-corrected chi connectivity index (χ2v) is 6.20. The minimum atomic E-state index is -4.50. The Balaban J connectivity index is 1.95. The van der Waals surface area contributed by atoms with Crippen molar-refractivity contribution in [2.24, 2.45) is 0 Å². The predicted octanol–water partition coefficient (Wildman–Crippen LogP) is 4.31. The van der Waals surface area contributed by atoms with Crippen LogP contribution in [0.5, 0.6) is 17.2 Å². The molecule has 3 rings (SSSR count). The van der Waals surface area contributed by atoms with E-state index in [1.807, 2.05) is 0 Å². The topological polar surface area (TPSA) is 71.2 Å². The lowest BCUT2D eigenvalue weighted by Gasteiger charge is -2.13. The molecular weight excluding hydrogens is 413 g/mol. The van der Waals surface area contributed by atoms with E-state index in [-0.39, 0.29) is 16.5 Å². The number of rotatable bonds is 6. The first kappa shape index (κ1) is 20.7. The largest absolute Gasteiger partial charge is 0.491 e. The van der Waals surface area contributed by atoms with Crippen LogP contribution in [-0.2, 0) is 12.7 Å². The summed E-state index contributed by atoms with van der Waals surface area (Å²) in [5, 5.41) is 7.40. The fourth-order valence-electron chi connectivity index (χ4n) is 2.51. The number of aryl methyl sites for hydroxylation is 1.